The van der Waals surface area contributed by atoms with Crippen LogP contribution in [0.1, 0.15) is 36.8 Å². The van der Waals surface area contributed by atoms with Gasteiger partial charge in [0.05, 0.1) is 28.4 Å². The van der Waals surface area contributed by atoms with E-state index < -0.39 is 0 Å². The van der Waals surface area contributed by atoms with Gasteiger partial charge in [0.1, 0.15) is 0 Å². The van der Waals surface area contributed by atoms with E-state index in [2.05, 4.69) is 12.2 Å². The Morgan fingerprint density at radius 2 is 1.84 bits per heavy atom. The molecule has 4 rings (SSSR count). The second-order valence-corrected chi connectivity index (χ2v) is 9.17. The SMILES string of the molecule is CCc1ccc(N(C(=O)CC(NC(C)=O)c2cccs2)c2nc3ccccc3s2)cc1. The van der Waals surface area contributed by atoms with Crippen LogP contribution in [0.5, 0.6) is 0 Å². The number of fused-ring (bicyclic) bond motifs is 1. The van der Waals surface area contributed by atoms with E-state index in [1.165, 1.54) is 35.2 Å². The van der Waals surface area contributed by atoms with Crippen LogP contribution in [-0.4, -0.2) is 16.8 Å². The summed E-state index contributed by atoms with van der Waals surface area (Å²) < 4.78 is 1.03. The van der Waals surface area contributed by atoms with Gasteiger partial charge in [-0.2, -0.15) is 0 Å². The molecule has 2 aromatic heterocycles. The number of thiophene rings is 1. The van der Waals surface area contributed by atoms with Gasteiger partial charge in [0.25, 0.3) is 0 Å². The third kappa shape index (κ3) is 4.84. The molecule has 0 aliphatic heterocycles. The number of amides is 2. The van der Waals surface area contributed by atoms with Crippen LogP contribution in [0.2, 0.25) is 0 Å². The fourth-order valence-corrected chi connectivity index (χ4v) is 5.20. The summed E-state index contributed by atoms with van der Waals surface area (Å²) in [6.45, 7) is 3.57. The number of nitrogens with zero attached hydrogens (tertiary/aromatic N) is 2. The number of hydrogen-bond donors (Lipinski definition) is 1. The van der Waals surface area contributed by atoms with Crippen molar-refractivity contribution >= 4 is 55.5 Å². The average molecular weight is 450 g/mol. The van der Waals surface area contributed by atoms with E-state index >= 15 is 0 Å². The molecule has 5 nitrogen and oxygen atoms in total. The minimum absolute atomic E-state index is 0.115. The van der Waals surface area contributed by atoms with E-state index in [1.54, 1.807) is 4.90 Å². The fourth-order valence-electron chi connectivity index (χ4n) is 3.42. The van der Waals surface area contributed by atoms with Gasteiger partial charge in [-0.1, -0.05) is 48.6 Å². The summed E-state index contributed by atoms with van der Waals surface area (Å²) in [7, 11) is 0. The van der Waals surface area contributed by atoms with Gasteiger partial charge in [-0.15, -0.1) is 11.3 Å². The molecule has 1 atom stereocenters. The topological polar surface area (TPSA) is 62.3 Å². The molecule has 1 unspecified atom stereocenters. The largest absolute Gasteiger partial charge is 0.348 e. The first-order chi connectivity index (χ1) is 15.0. The summed E-state index contributed by atoms with van der Waals surface area (Å²) in [6.07, 6.45) is 1.07. The van der Waals surface area contributed by atoms with Crippen LogP contribution in [0.3, 0.4) is 0 Å². The molecule has 1 N–H and O–H groups in total. The van der Waals surface area contributed by atoms with Gasteiger partial charge in [-0.3, -0.25) is 14.5 Å². The molecule has 2 amide bonds. The van der Waals surface area contributed by atoms with E-state index in [0.29, 0.717) is 5.13 Å². The van der Waals surface area contributed by atoms with Crippen LogP contribution in [0.4, 0.5) is 10.8 Å². The van der Waals surface area contributed by atoms with E-state index in [4.69, 9.17) is 4.98 Å². The molecule has 0 fully saturated rings. The number of aromatic nitrogens is 1. The molecule has 2 aromatic carbocycles. The predicted octanol–water partition coefficient (Wildman–Crippen LogP) is 5.85. The monoisotopic (exact) mass is 449 g/mol. The number of benzene rings is 2. The highest BCUT2D eigenvalue weighted by Gasteiger charge is 2.26. The Morgan fingerprint density at radius 1 is 1.06 bits per heavy atom. The van der Waals surface area contributed by atoms with Crippen LogP contribution in [-0.2, 0) is 16.0 Å². The highest BCUT2D eigenvalue weighted by Crippen LogP contribution is 2.35. The minimum Gasteiger partial charge on any atom is -0.348 e. The fraction of sp³-hybridized carbons (Fsp3) is 0.208. The lowest BCUT2D eigenvalue weighted by atomic mass is 10.1. The Morgan fingerprint density at radius 3 is 2.48 bits per heavy atom. The summed E-state index contributed by atoms with van der Waals surface area (Å²) in [5.74, 6) is -0.277. The second kappa shape index (κ2) is 9.41. The van der Waals surface area contributed by atoms with E-state index in [9.17, 15) is 9.59 Å². The summed E-state index contributed by atoms with van der Waals surface area (Å²) in [4.78, 5) is 32.7. The number of anilines is 2. The van der Waals surface area contributed by atoms with Gasteiger partial charge in [0.2, 0.25) is 11.8 Å². The van der Waals surface area contributed by atoms with Crippen LogP contribution >= 0.6 is 22.7 Å². The number of para-hydroxylation sites is 1. The van der Waals surface area contributed by atoms with Gasteiger partial charge in [-0.05, 0) is 47.7 Å². The van der Waals surface area contributed by atoms with Crippen molar-refractivity contribution in [1.82, 2.24) is 10.3 Å². The molecule has 0 saturated heterocycles. The normalized spacial score (nSPS) is 11.9. The Bertz CT molecular complexity index is 1150. The summed E-state index contributed by atoms with van der Waals surface area (Å²) in [5, 5.41) is 5.50. The molecule has 2 heterocycles. The third-order valence-corrected chi connectivity index (χ3v) is 6.98. The highest BCUT2D eigenvalue weighted by atomic mass is 32.1. The first kappa shape index (κ1) is 21.2. The third-order valence-electron chi connectivity index (χ3n) is 4.97. The molecule has 4 aromatic rings. The lowest BCUT2D eigenvalue weighted by molar-refractivity contribution is -0.121. The number of nitrogens with one attached hydrogen (secondary N) is 1. The zero-order valence-electron chi connectivity index (χ0n) is 17.4. The van der Waals surface area contributed by atoms with Crippen molar-refractivity contribution in [2.24, 2.45) is 0 Å². The Kier molecular flexibility index (Phi) is 6.44. The molecule has 0 aliphatic rings. The van der Waals surface area contributed by atoms with Gasteiger partial charge >= 0.3 is 0 Å². The van der Waals surface area contributed by atoms with E-state index in [-0.39, 0.29) is 24.3 Å². The number of rotatable bonds is 7. The molecule has 0 spiro atoms. The Hall–Kier alpha value is -3.03. The van der Waals surface area contributed by atoms with Gasteiger partial charge in [0.15, 0.2) is 5.13 Å². The molecule has 0 radical (unpaired) electrons. The summed E-state index contributed by atoms with van der Waals surface area (Å²) in [5.41, 5.74) is 2.84. The van der Waals surface area contributed by atoms with E-state index in [1.807, 2.05) is 66.0 Å². The quantitative estimate of drug-likeness (QED) is 0.385. The van der Waals surface area contributed by atoms with Gasteiger partial charge < -0.3 is 5.32 Å². The van der Waals surface area contributed by atoms with Crippen molar-refractivity contribution in [3.63, 3.8) is 0 Å². The summed E-state index contributed by atoms with van der Waals surface area (Å²) in [6, 6.07) is 19.3. The van der Waals surface area contributed by atoms with Crippen LogP contribution < -0.4 is 10.2 Å². The number of carbonyl (C=O) groups excluding carboxylic acids is 2. The maximum Gasteiger partial charge on any atom is 0.235 e. The molecular formula is C24H23N3O2S2. The van der Waals surface area contributed by atoms with Crippen LogP contribution in [0.15, 0.2) is 66.0 Å². The number of aryl methyl sites for hydroxylation is 1. The maximum atomic E-state index is 13.6. The molecular weight excluding hydrogens is 426 g/mol. The number of thiazole rings is 1. The minimum atomic E-state index is -0.378. The predicted molar refractivity (Wildman–Crippen MR) is 128 cm³/mol. The zero-order valence-corrected chi connectivity index (χ0v) is 19.0. The molecule has 7 heteroatoms. The molecule has 158 valence electrons. The van der Waals surface area contributed by atoms with E-state index in [0.717, 1.165) is 27.2 Å². The molecule has 0 saturated carbocycles. The van der Waals surface area contributed by atoms with Crippen LogP contribution in [0.25, 0.3) is 10.2 Å². The number of carbonyl (C=O) groups is 2. The van der Waals surface area contributed by atoms with Crippen molar-refractivity contribution in [3.05, 3.63) is 76.5 Å². The second-order valence-electron chi connectivity index (χ2n) is 7.19. The molecule has 0 aliphatic carbocycles. The Labute approximate surface area is 189 Å². The van der Waals surface area contributed by atoms with Crippen molar-refractivity contribution in [3.8, 4) is 0 Å². The first-order valence-corrected chi connectivity index (χ1v) is 11.8. The van der Waals surface area contributed by atoms with Crippen molar-refractivity contribution in [2.75, 3.05) is 4.90 Å². The first-order valence-electron chi connectivity index (χ1n) is 10.1. The average Bonchev–Trinajstić information content (AvgIpc) is 3.43. The molecule has 0 bridgehead atoms. The van der Waals surface area contributed by atoms with Crippen molar-refractivity contribution < 1.29 is 9.59 Å². The Balaban J connectivity index is 1.71. The van der Waals surface area contributed by atoms with Crippen molar-refractivity contribution in [1.29, 1.82) is 0 Å². The molecule has 31 heavy (non-hydrogen) atoms. The number of hydrogen-bond acceptors (Lipinski definition) is 5. The summed E-state index contributed by atoms with van der Waals surface area (Å²) >= 11 is 3.01. The van der Waals surface area contributed by atoms with Gasteiger partial charge in [0, 0.05) is 11.8 Å². The zero-order chi connectivity index (χ0) is 21.8. The van der Waals surface area contributed by atoms with Crippen LogP contribution in [0, 0.1) is 0 Å². The maximum absolute atomic E-state index is 13.6. The van der Waals surface area contributed by atoms with Crippen molar-refractivity contribution in [2.45, 2.75) is 32.7 Å². The smallest absolute Gasteiger partial charge is 0.235 e. The lowest BCUT2D eigenvalue weighted by Crippen LogP contribution is -2.33. The lowest BCUT2D eigenvalue weighted by Gasteiger charge is -2.23. The standard InChI is InChI=1S/C24H23N3O2S2/c1-3-17-10-12-18(13-11-17)27(24-26-19-7-4-5-8-22(19)31-24)23(29)15-20(25-16(2)28)21-9-6-14-30-21/h4-14,20H,3,15H2,1-2H3,(H,25,28). The highest BCUT2D eigenvalue weighted by molar-refractivity contribution is 7.22. The van der Waals surface area contributed by atoms with Gasteiger partial charge in [-0.25, -0.2) is 4.98 Å².